The summed E-state index contributed by atoms with van der Waals surface area (Å²) in [6, 6.07) is 17.1. The van der Waals surface area contributed by atoms with Gasteiger partial charge in [0.2, 0.25) is 11.4 Å². The maximum absolute atomic E-state index is 2.26. The largest absolute Gasteiger partial charge is 1.00 e. The van der Waals surface area contributed by atoms with Crippen LogP contribution in [0.5, 0.6) is 0 Å². The highest BCUT2D eigenvalue weighted by Crippen LogP contribution is 2.35. The van der Waals surface area contributed by atoms with Gasteiger partial charge in [-0.15, -0.1) is 0 Å². The zero-order chi connectivity index (χ0) is 17.5. The Labute approximate surface area is 170 Å². The molecule has 0 fully saturated rings. The number of para-hydroxylation sites is 2. The van der Waals surface area contributed by atoms with Gasteiger partial charge in [-0.05, 0) is 27.7 Å². The molecule has 2 aromatic carbocycles. The quantitative estimate of drug-likeness (QED) is 0.490. The Hall–Kier alpha value is -1.64. The van der Waals surface area contributed by atoms with Gasteiger partial charge < -0.3 is 24.8 Å². The number of nitrogens with zero attached hydrogens (tertiary/aromatic N) is 2. The molecule has 26 heavy (non-hydrogen) atoms. The molecule has 0 saturated heterocycles. The van der Waals surface area contributed by atoms with E-state index in [0.29, 0.717) is 0 Å². The van der Waals surface area contributed by atoms with Crippen LogP contribution >= 0.6 is 0 Å². The molecule has 0 N–H and O–H groups in total. The van der Waals surface area contributed by atoms with Crippen LogP contribution in [0.4, 0.5) is 11.4 Å². The van der Waals surface area contributed by atoms with Gasteiger partial charge in [-0.2, -0.15) is 0 Å². The van der Waals surface area contributed by atoms with Crippen LogP contribution in [0.3, 0.4) is 0 Å². The second kappa shape index (κ2) is 7.94. The molecule has 0 amide bonds. The molecule has 0 atom stereocenters. The van der Waals surface area contributed by atoms with Crippen LogP contribution in [-0.4, -0.2) is 35.7 Å². The average Bonchev–Trinajstić information content (AvgIpc) is 2.91. The highest BCUT2D eigenvalue weighted by Gasteiger charge is 2.35. The monoisotopic (exact) mass is 390 g/mol. The SMILES string of the molecule is C[N+]1=CC(C)(C)c2ccccc21.C[N+]1=CC(C)(C)c2ccccc21.[Cl-].[Cl-]. The molecule has 0 spiro atoms. The fraction of sp³-hybridized carbons (Fsp3) is 0.364. The standard InChI is InChI=1S/2C11H14N.2ClH/c2*1-11(2)8-12(3)10-7-5-4-6-9(10)11;;/h2*4-8H,1-3H3;2*1H/q2*+1;;/p-2. The van der Waals surface area contributed by atoms with Crippen molar-refractivity contribution >= 4 is 23.8 Å². The summed E-state index contributed by atoms with van der Waals surface area (Å²) >= 11 is 0. The van der Waals surface area contributed by atoms with Crippen LogP contribution in [0.1, 0.15) is 38.8 Å². The molecule has 2 aromatic rings. The zero-order valence-electron chi connectivity index (χ0n) is 16.4. The first-order chi connectivity index (χ1) is 11.2. The van der Waals surface area contributed by atoms with E-state index in [0.717, 1.165) is 0 Å². The second-order valence-electron chi connectivity index (χ2n) is 7.96. The molecule has 0 unspecified atom stereocenters. The molecule has 0 aliphatic carbocycles. The Kier molecular flexibility index (Phi) is 6.84. The van der Waals surface area contributed by atoms with E-state index in [1.807, 2.05) is 0 Å². The third-order valence-corrected chi connectivity index (χ3v) is 4.99. The Morgan fingerprint density at radius 3 is 1.19 bits per heavy atom. The lowest BCUT2D eigenvalue weighted by Gasteiger charge is -2.09. The normalized spacial score (nSPS) is 17.3. The van der Waals surface area contributed by atoms with Crippen molar-refractivity contribution in [1.82, 2.24) is 0 Å². The minimum absolute atomic E-state index is 0. The van der Waals surface area contributed by atoms with E-state index in [1.165, 1.54) is 22.5 Å². The van der Waals surface area contributed by atoms with Gasteiger partial charge in [-0.25, -0.2) is 9.15 Å². The minimum Gasteiger partial charge on any atom is -1.00 e. The third-order valence-electron chi connectivity index (χ3n) is 4.99. The fourth-order valence-electron chi connectivity index (χ4n) is 3.90. The van der Waals surface area contributed by atoms with E-state index < -0.39 is 0 Å². The lowest BCUT2D eigenvalue weighted by atomic mass is 9.87. The van der Waals surface area contributed by atoms with Crippen molar-refractivity contribution in [2.75, 3.05) is 14.1 Å². The van der Waals surface area contributed by atoms with Crippen LogP contribution in [0.15, 0.2) is 48.5 Å². The van der Waals surface area contributed by atoms with Gasteiger partial charge in [0.15, 0.2) is 12.4 Å². The van der Waals surface area contributed by atoms with Gasteiger partial charge in [0.1, 0.15) is 14.1 Å². The number of hydrogen-bond acceptors (Lipinski definition) is 0. The van der Waals surface area contributed by atoms with E-state index in [4.69, 9.17) is 0 Å². The zero-order valence-corrected chi connectivity index (χ0v) is 17.9. The number of benzene rings is 2. The lowest BCUT2D eigenvalue weighted by Crippen LogP contribution is -3.00. The molecule has 0 radical (unpaired) electrons. The number of fused-ring (bicyclic) bond motifs is 2. The van der Waals surface area contributed by atoms with Gasteiger partial charge >= 0.3 is 0 Å². The first kappa shape index (κ1) is 22.4. The van der Waals surface area contributed by atoms with Crippen molar-refractivity contribution in [3.8, 4) is 0 Å². The van der Waals surface area contributed by atoms with Gasteiger partial charge in [0.25, 0.3) is 0 Å². The molecule has 4 rings (SSSR count). The van der Waals surface area contributed by atoms with Crippen LogP contribution < -0.4 is 24.8 Å². The molecule has 2 aliphatic heterocycles. The molecule has 140 valence electrons. The lowest BCUT2D eigenvalue weighted by molar-refractivity contribution is -0.397. The van der Waals surface area contributed by atoms with Crippen LogP contribution in [0, 0.1) is 0 Å². The van der Waals surface area contributed by atoms with Gasteiger partial charge in [-0.3, -0.25) is 0 Å². The number of rotatable bonds is 0. The molecule has 0 aromatic heterocycles. The minimum atomic E-state index is 0. The van der Waals surface area contributed by atoms with Crippen molar-refractivity contribution in [1.29, 1.82) is 0 Å². The van der Waals surface area contributed by atoms with Crippen molar-refractivity contribution in [3.05, 3.63) is 59.7 Å². The van der Waals surface area contributed by atoms with Gasteiger partial charge in [0, 0.05) is 23.3 Å². The smallest absolute Gasteiger partial charge is 0.209 e. The van der Waals surface area contributed by atoms with Crippen molar-refractivity contribution in [3.63, 3.8) is 0 Å². The van der Waals surface area contributed by atoms with Crippen molar-refractivity contribution in [2.24, 2.45) is 0 Å². The Bertz CT molecular complexity index is 777. The summed E-state index contributed by atoms with van der Waals surface area (Å²) in [7, 11) is 4.21. The summed E-state index contributed by atoms with van der Waals surface area (Å²) in [5.74, 6) is 0. The number of halogens is 2. The van der Waals surface area contributed by atoms with E-state index >= 15 is 0 Å². The highest BCUT2D eigenvalue weighted by atomic mass is 35.5. The van der Waals surface area contributed by atoms with E-state index in [-0.39, 0.29) is 35.6 Å². The van der Waals surface area contributed by atoms with E-state index in [9.17, 15) is 0 Å². The van der Waals surface area contributed by atoms with Crippen LogP contribution in [-0.2, 0) is 10.8 Å². The number of hydrogen-bond donors (Lipinski definition) is 0. The summed E-state index contributed by atoms with van der Waals surface area (Å²) in [5, 5.41) is 0. The van der Waals surface area contributed by atoms with Gasteiger partial charge in [0.05, 0.1) is 10.8 Å². The topological polar surface area (TPSA) is 6.02 Å². The summed E-state index contributed by atoms with van der Waals surface area (Å²) in [5.41, 5.74) is 5.92. The molecule has 4 heteroatoms. The summed E-state index contributed by atoms with van der Waals surface area (Å²) < 4.78 is 4.41. The first-order valence-corrected chi connectivity index (χ1v) is 8.59. The maximum atomic E-state index is 2.26. The highest BCUT2D eigenvalue weighted by molar-refractivity contribution is 5.77. The molecular weight excluding hydrogens is 363 g/mol. The Balaban J connectivity index is 0.000000241. The molecule has 2 heterocycles. The average molecular weight is 391 g/mol. The van der Waals surface area contributed by atoms with Crippen molar-refractivity contribution < 1.29 is 34.0 Å². The Morgan fingerprint density at radius 1 is 0.577 bits per heavy atom. The first-order valence-electron chi connectivity index (χ1n) is 8.59. The van der Waals surface area contributed by atoms with Crippen molar-refractivity contribution in [2.45, 2.75) is 38.5 Å². The summed E-state index contributed by atoms with van der Waals surface area (Å²) in [6.45, 7) is 8.98. The predicted molar refractivity (Wildman–Crippen MR) is 103 cm³/mol. The predicted octanol–water partition coefficient (Wildman–Crippen LogP) is -1.35. The second-order valence-corrected chi connectivity index (χ2v) is 7.96. The fourth-order valence-corrected chi connectivity index (χ4v) is 3.90. The van der Waals surface area contributed by atoms with E-state index in [2.05, 4.69) is 112 Å². The molecule has 2 nitrogen and oxygen atoms in total. The molecule has 0 saturated carbocycles. The van der Waals surface area contributed by atoms with Gasteiger partial charge in [-0.1, -0.05) is 36.4 Å². The Morgan fingerprint density at radius 2 is 0.885 bits per heavy atom. The van der Waals surface area contributed by atoms with Crippen LogP contribution in [0.25, 0.3) is 0 Å². The molecule has 0 bridgehead atoms. The third kappa shape index (κ3) is 4.02. The van der Waals surface area contributed by atoms with E-state index in [1.54, 1.807) is 0 Å². The maximum Gasteiger partial charge on any atom is 0.209 e. The summed E-state index contributed by atoms with van der Waals surface area (Å²) in [6.07, 6.45) is 4.52. The summed E-state index contributed by atoms with van der Waals surface area (Å²) in [4.78, 5) is 0. The molecule has 2 aliphatic rings. The molecular formula is C22H28Cl2N2. The van der Waals surface area contributed by atoms with Crippen LogP contribution in [0.2, 0.25) is 0 Å².